The van der Waals surface area contributed by atoms with E-state index in [1.807, 2.05) is 0 Å². The molecule has 0 aliphatic rings. The number of fused-ring (bicyclic) bond motifs is 5. The molecule has 0 spiro atoms. The lowest BCUT2D eigenvalue weighted by molar-refractivity contribution is 0.672. The first-order valence-corrected chi connectivity index (χ1v) is 16.4. The van der Waals surface area contributed by atoms with Crippen LogP contribution in [0.25, 0.3) is 66.1 Å². The quantitative estimate of drug-likeness (QED) is 0.185. The standard InChI is InChI=1S/C46H31NO/c1-4-17-32(18-5-1)35-23-10-11-24-36(35)38-26-14-15-28-42(38)47(34-21-8-3-9-22-34)43-29-16-30-44-45(43)41-31-40(33-19-6-2-7-20-33)37-25-12-13-27-39(37)46(41)48-44/h1-31H. The average molecular weight is 614 g/mol. The summed E-state index contributed by atoms with van der Waals surface area (Å²) in [5, 5.41) is 4.48. The molecule has 0 saturated heterocycles. The number of rotatable bonds is 6. The van der Waals surface area contributed by atoms with Gasteiger partial charge in [-0.05, 0) is 69.6 Å². The fourth-order valence-electron chi connectivity index (χ4n) is 7.14. The summed E-state index contributed by atoms with van der Waals surface area (Å²) in [4.78, 5) is 2.39. The van der Waals surface area contributed by atoms with Gasteiger partial charge in [-0.3, -0.25) is 0 Å². The minimum absolute atomic E-state index is 0.862. The summed E-state index contributed by atoms with van der Waals surface area (Å²) in [5.41, 5.74) is 12.1. The second kappa shape index (κ2) is 11.8. The molecular formula is C46H31NO. The van der Waals surface area contributed by atoms with Gasteiger partial charge in [-0.1, -0.05) is 152 Å². The number of furan rings is 1. The van der Waals surface area contributed by atoms with Crippen LogP contribution in [0.3, 0.4) is 0 Å². The lowest BCUT2D eigenvalue weighted by atomic mass is 9.92. The Hall–Kier alpha value is -6.38. The number of para-hydroxylation sites is 2. The Labute approximate surface area is 279 Å². The molecule has 226 valence electrons. The van der Waals surface area contributed by atoms with Crippen molar-refractivity contribution in [2.24, 2.45) is 0 Å². The van der Waals surface area contributed by atoms with Crippen molar-refractivity contribution < 1.29 is 4.42 Å². The highest BCUT2D eigenvalue weighted by molar-refractivity contribution is 6.22. The van der Waals surface area contributed by atoms with Crippen LogP contribution < -0.4 is 4.90 Å². The molecule has 9 aromatic rings. The van der Waals surface area contributed by atoms with Crippen molar-refractivity contribution in [2.75, 3.05) is 4.90 Å². The number of benzene rings is 8. The summed E-state index contributed by atoms with van der Waals surface area (Å²) in [5.74, 6) is 0. The van der Waals surface area contributed by atoms with Crippen LogP contribution in [-0.2, 0) is 0 Å². The Morgan fingerprint density at radius 1 is 0.354 bits per heavy atom. The zero-order chi connectivity index (χ0) is 31.9. The lowest BCUT2D eigenvalue weighted by Crippen LogP contribution is -2.11. The molecule has 8 aromatic carbocycles. The van der Waals surface area contributed by atoms with Gasteiger partial charge in [-0.2, -0.15) is 0 Å². The fourth-order valence-corrected chi connectivity index (χ4v) is 7.14. The Morgan fingerprint density at radius 3 is 1.62 bits per heavy atom. The highest BCUT2D eigenvalue weighted by Crippen LogP contribution is 2.48. The molecule has 1 aromatic heterocycles. The Kier molecular flexibility index (Phi) is 6.84. The maximum absolute atomic E-state index is 6.78. The van der Waals surface area contributed by atoms with Gasteiger partial charge in [0.15, 0.2) is 0 Å². The van der Waals surface area contributed by atoms with Gasteiger partial charge in [0.2, 0.25) is 0 Å². The molecule has 0 aliphatic heterocycles. The van der Waals surface area contributed by atoms with Crippen molar-refractivity contribution in [1.82, 2.24) is 0 Å². The highest BCUT2D eigenvalue weighted by Gasteiger charge is 2.24. The van der Waals surface area contributed by atoms with E-state index in [1.54, 1.807) is 0 Å². The summed E-state index contributed by atoms with van der Waals surface area (Å²) in [6.45, 7) is 0. The van der Waals surface area contributed by atoms with Crippen LogP contribution in [0.15, 0.2) is 192 Å². The van der Waals surface area contributed by atoms with Gasteiger partial charge in [0.25, 0.3) is 0 Å². The topological polar surface area (TPSA) is 16.4 Å². The van der Waals surface area contributed by atoms with E-state index < -0.39 is 0 Å². The van der Waals surface area contributed by atoms with Crippen molar-refractivity contribution >= 4 is 49.8 Å². The molecule has 0 atom stereocenters. The van der Waals surface area contributed by atoms with Gasteiger partial charge in [0.1, 0.15) is 11.2 Å². The Morgan fingerprint density at radius 2 is 0.896 bits per heavy atom. The van der Waals surface area contributed by atoms with Crippen LogP contribution >= 0.6 is 0 Å². The van der Waals surface area contributed by atoms with Crippen LogP contribution in [0, 0.1) is 0 Å². The highest BCUT2D eigenvalue weighted by atomic mass is 16.3. The first-order chi connectivity index (χ1) is 23.8. The van der Waals surface area contributed by atoms with Gasteiger partial charge >= 0.3 is 0 Å². The van der Waals surface area contributed by atoms with Gasteiger partial charge < -0.3 is 9.32 Å². The van der Waals surface area contributed by atoms with E-state index in [4.69, 9.17) is 4.42 Å². The maximum atomic E-state index is 6.78. The van der Waals surface area contributed by atoms with Gasteiger partial charge in [-0.15, -0.1) is 0 Å². The zero-order valence-corrected chi connectivity index (χ0v) is 26.3. The van der Waals surface area contributed by atoms with E-state index in [9.17, 15) is 0 Å². The van der Waals surface area contributed by atoms with E-state index in [0.717, 1.165) is 50.0 Å². The molecule has 0 radical (unpaired) electrons. The monoisotopic (exact) mass is 613 g/mol. The Bertz CT molecular complexity index is 2550. The minimum atomic E-state index is 0.862. The third-order valence-electron chi connectivity index (χ3n) is 9.27. The largest absolute Gasteiger partial charge is 0.455 e. The Balaban J connectivity index is 1.35. The molecule has 1 heterocycles. The number of hydrogen-bond acceptors (Lipinski definition) is 2. The third-order valence-corrected chi connectivity index (χ3v) is 9.27. The van der Waals surface area contributed by atoms with E-state index in [0.29, 0.717) is 0 Å². The molecule has 0 N–H and O–H groups in total. The molecule has 0 saturated carbocycles. The molecule has 0 unspecified atom stereocenters. The first-order valence-electron chi connectivity index (χ1n) is 16.4. The predicted octanol–water partition coefficient (Wildman–Crippen LogP) is 13.2. The molecule has 0 bridgehead atoms. The predicted molar refractivity (Wildman–Crippen MR) is 202 cm³/mol. The number of anilines is 3. The van der Waals surface area contributed by atoms with Crippen LogP contribution in [0.1, 0.15) is 0 Å². The normalized spacial score (nSPS) is 11.3. The van der Waals surface area contributed by atoms with E-state index in [-0.39, 0.29) is 0 Å². The molecule has 0 aliphatic carbocycles. The average Bonchev–Trinajstić information content (AvgIpc) is 3.56. The maximum Gasteiger partial charge on any atom is 0.143 e. The summed E-state index contributed by atoms with van der Waals surface area (Å²) < 4.78 is 6.78. The number of hydrogen-bond donors (Lipinski definition) is 0. The SMILES string of the molecule is c1ccc(-c2ccccc2-c2ccccc2N(c2ccccc2)c2cccc3oc4c5ccccc5c(-c5ccccc5)cc4c23)cc1. The van der Waals surface area contributed by atoms with Crippen molar-refractivity contribution in [2.45, 2.75) is 0 Å². The summed E-state index contributed by atoms with van der Waals surface area (Å²) >= 11 is 0. The van der Waals surface area contributed by atoms with E-state index in [2.05, 4.69) is 193 Å². The molecule has 0 amide bonds. The molecular weight excluding hydrogens is 583 g/mol. The second-order valence-corrected chi connectivity index (χ2v) is 12.1. The fraction of sp³-hybridized carbons (Fsp3) is 0. The van der Waals surface area contributed by atoms with Crippen LogP contribution in [0.5, 0.6) is 0 Å². The molecule has 2 nitrogen and oxygen atoms in total. The van der Waals surface area contributed by atoms with E-state index in [1.165, 1.54) is 33.2 Å². The molecule has 9 rings (SSSR count). The minimum Gasteiger partial charge on any atom is -0.455 e. The summed E-state index contributed by atoms with van der Waals surface area (Å²) in [6, 6.07) is 66.7. The van der Waals surface area contributed by atoms with Crippen LogP contribution in [-0.4, -0.2) is 0 Å². The lowest BCUT2D eigenvalue weighted by Gasteiger charge is -2.29. The van der Waals surface area contributed by atoms with Gasteiger partial charge in [-0.25, -0.2) is 0 Å². The third kappa shape index (κ3) is 4.66. The summed E-state index contributed by atoms with van der Waals surface area (Å²) in [7, 11) is 0. The van der Waals surface area contributed by atoms with Crippen molar-refractivity contribution in [1.29, 1.82) is 0 Å². The van der Waals surface area contributed by atoms with Crippen molar-refractivity contribution in [3.63, 3.8) is 0 Å². The van der Waals surface area contributed by atoms with Crippen molar-refractivity contribution in [3.8, 4) is 33.4 Å². The smallest absolute Gasteiger partial charge is 0.143 e. The summed E-state index contributed by atoms with van der Waals surface area (Å²) in [6.07, 6.45) is 0. The number of nitrogens with zero attached hydrogens (tertiary/aromatic N) is 1. The second-order valence-electron chi connectivity index (χ2n) is 12.1. The molecule has 2 heteroatoms. The van der Waals surface area contributed by atoms with Gasteiger partial charge in [0, 0.05) is 22.0 Å². The van der Waals surface area contributed by atoms with Crippen molar-refractivity contribution in [3.05, 3.63) is 188 Å². The zero-order valence-electron chi connectivity index (χ0n) is 26.3. The first kappa shape index (κ1) is 27.9. The van der Waals surface area contributed by atoms with E-state index >= 15 is 0 Å². The molecule has 0 fully saturated rings. The molecule has 48 heavy (non-hydrogen) atoms. The van der Waals surface area contributed by atoms with Gasteiger partial charge in [0.05, 0.1) is 16.8 Å². The van der Waals surface area contributed by atoms with Crippen LogP contribution in [0.4, 0.5) is 17.1 Å². The van der Waals surface area contributed by atoms with Crippen LogP contribution in [0.2, 0.25) is 0 Å².